The molecule has 0 spiro atoms. The Morgan fingerprint density at radius 3 is 2.57 bits per heavy atom. The first-order valence-corrected chi connectivity index (χ1v) is 4.12. The minimum absolute atomic E-state index is 0.147. The topological polar surface area (TPSA) is 22.1 Å². The van der Waals surface area contributed by atoms with Gasteiger partial charge in [-0.25, -0.2) is 9.37 Å². The Morgan fingerprint density at radius 2 is 2.14 bits per heavy atom. The van der Waals surface area contributed by atoms with Crippen LogP contribution in [0.15, 0.2) is 18.3 Å². The second-order valence-electron chi connectivity index (χ2n) is 2.60. The van der Waals surface area contributed by atoms with E-state index in [1.165, 1.54) is 12.1 Å². The third kappa shape index (κ3) is 2.77. The average Bonchev–Trinajstić information content (AvgIpc) is 2.08. The fraction of sp³-hybridized carbons (Fsp3) is 0.375. The maximum absolute atomic E-state index is 12.7. The zero-order valence-corrected chi connectivity index (χ0v) is 7.93. The van der Waals surface area contributed by atoms with Gasteiger partial charge in [0.05, 0.1) is 6.20 Å². The highest BCUT2D eigenvalue weighted by molar-refractivity contribution is 6.29. The van der Waals surface area contributed by atoms with Crippen LogP contribution in [-0.4, -0.2) is 17.3 Å². The van der Waals surface area contributed by atoms with Crippen LogP contribution < -0.4 is 4.74 Å². The number of hydrogen-bond acceptors (Lipinski definition) is 2. The Balaban J connectivity index is 2.74. The summed E-state index contributed by atoms with van der Waals surface area (Å²) in [7, 11) is 0. The second kappa shape index (κ2) is 4.04. The van der Waals surface area contributed by atoms with Crippen LogP contribution in [-0.2, 0) is 0 Å². The lowest BCUT2D eigenvalue weighted by Crippen LogP contribution is -2.34. The number of ether oxygens (including phenoxy) is 1. The van der Waals surface area contributed by atoms with Crippen LogP contribution >= 0.6 is 11.6 Å². The highest BCUT2D eigenvalue weighted by Crippen LogP contribution is 2.26. The molecule has 0 N–H and O–H groups in total. The van der Waals surface area contributed by atoms with Crippen LogP contribution in [0.2, 0.25) is 5.15 Å². The van der Waals surface area contributed by atoms with Crippen LogP contribution in [0.1, 0.15) is 6.92 Å². The summed E-state index contributed by atoms with van der Waals surface area (Å²) in [6.45, 7) is 0.712. The molecule has 1 atom stereocenters. The molecule has 0 aliphatic rings. The van der Waals surface area contributed by atoms with E-state index in [9.17, 15) is 13.2 Å². The minimum atomic E-state index is -3.85. The first-order chi connectivity index (χ1) is 6.42. The molecule has 1 heterocycles. The van der Waals surface area contributed by atoms with Gasteiger partial charge in [0.2, 0.25) is 6.17 Å². The highest BCUT2D eigenvalue weighted by Gasteiger charge is 2.39. The number of halogens is 4. The summed E-state index contributed by atoms with van der Waals surface area (Å²) >= 11 is 5.42. The van der Waals surface area contributed by atoms with Gasteiger partial charge in [0, 0.05) is 0 Å². The highest BCUT2D eigenvalue weighted by atomic mass is 35.5. The monoisotopic (exact) mass is 225 g/mol. The van der Waals surface area contributed by atoms with E-state index in [0.717, 1.165) is 6.20 Å². The van der Waals surface area contributed by atoms with Crippen LogP contribution in [0.5, 0.6) is 5.75 Å². The van der Waals surface area contributed by atoms with Crippen LogP contribution in [0.4, 0.5) is 13.2 Å². The zero-order chi connectivity index (χ0) is 10.8. The lowest BCUT2D eigenvalue weighted by atomic mass is 10.4. The molecule has 0 bridgehead atoms. The van der Waals surface area contributed by atoms with Crippen molar-refractivity contribution in [2.75, 3.05) is 0 Å². The van der Waals surface area contributed by atoms with Crippen molar-refractivity contribution in [1.82, 2.24) is 4.98 Å². The number of alkyl halides is 3. The summed E-state index contributed by atoms with van der Waals surface area (Å²) in [5, 5.41) is 0.147. The van der Waals surface area contributed by atoms with Gasteiger partial charge in [-0.2, -0.15) is 8.78 Å². The average molecular weight is 226 g/mol. The van der Waals surface area contributed by atoms with E-state index in [0.29, 0.717) is 6.92 Å². The largest absolute Gasteiger partial charge is 0.429 e. The number of nitrogens with zero attached hydrogens (tertiary/aromatic N) is 1. The molecule has 2 nitrogen and oxygen atoms in total. The normalized spacial score (nSPS) is 13.8. The van der Waals surface area contributed by atoms with Gasteiger partial charge in [0.1, 0.15) is 10.9 Å². The van der Waals surface area contributed by atoms with Crippen molar-refractivity contribution in [2.45, 2.75) is 19.2 Å². The zero-order valence-electron chi connectivity index (χ0n) is 7.18. The van der Waals surface area contributed by atoms with Crippen LogP contribution in [0.25, 0.3) is 0 Å². The molecule has 0 aliphatic carbocycles. The summed E-state index contributed by atoms with van der Waals surface area (Å²) in [6, 6.07) is 2.46. The van der Waals surface area contributed by atoms with Gasteiger partial charge in [-0.05, 0) is 19.1 Å². The quantitative estimate of drug-likeness (QED) is 0.738. The Hall–Kier alpha value is -0.970. The van der Waals surface area contributed by atoms with Gasteiger partial charge in [-0.1, -0.05) is 11.6 Å². The molecule has 0 aromatic carbocycles. The lowest BCUT2D eigenvalue weighted by molar-refractivity contribution is -0.215. The van der Waals surface area contributed by atoms with Crippen molar-refractivity contribution in [1.29, 1.82) is 0 Å². The first-order valence-electron chi connectivity index (χ1n) is 3.74. The smallest absolute Gasteiger partial charge is 0.429 e. The van der Waals surface area contributed by atoms with E-state index in [2.05, 4.69) is 9.72 Å². The number of hydrogen-bond donors (Lipinski definition) is 0. The van der Waals surface area contributed by atoms with Crippen molar-refractivity contribution < 1.29 is 17.9 Å². The van der Waals surface area contributed by atoms with E-state index in [4.69, 9.17) is 11.6 Å². The van der Waals surface area contributed by atoms with Crippen molar-refractivity contribution >= 4 is 11.6 Å². The summed E-state index contributed by atoms with van der Waals surface area (Å²) in [5.74, 6) is -0.232. The van der Waals surface area contributed by atoms with Crippen molar-refractivity contribution in [3.05, 3.63) is 23.5 Å². The molecule has 1 aromatic rings. The predicted octanol–water partition coefficient (Wildman–Crippen LogP) is 3.06. The summed E-state index contributed by atoms with van der Waals surface area (Å²) in [5.41, 5.74) is 0. The van der Waals surface area contributed by atoms with Gasteiger partial charge in [0.15, 0.2) is 0 Å². The molecule has 0 amide bonds. The molecule has 0 saturated heterocycles. The van der Waals surface area contributed by atoms with Crippen molar-refractivity contribution in [3.63, 3.8) is 0 Å². The van der Waals surface area contributed by atoms with Gasteiger partial charge < -0.3 is 4.74 Å². The molecule has 6 heteroatoms. The van der Waals surface area contributed by atoms with Gasteiger partial charge in [0.25, 0.3) is 0 Å². The molecule has 1 rings (SSSR count). The standard InChI is InChI=1S/C8H7ClF3NO/c1-5(10)8(11,12)14-6-2-3-7(9)13-4-6/h2-5H,1H3. The number of aromatic nitrogens is 1. The Morgan fingerprint density at radius 1 is 1.50 bits per heavy atom. The summed E-state index contributed by atoms with van der Waals surface area (Å²) in [4.78, 5) is 3.51. The van der Waals surface area contributed by atoms with E-state index in [1.54, 1.807) is 0 Å². The van der Waals surface area contributed by atoms with Crippen LogP contribution in [0.3, 0.4) is 0 Å². The molecule has 0 aliphatic heterocycles. The Kier molecular flexibility index (Phi) is 3.21. The van der Waals surface area contributed by atoms with Crippen LogP contribution in [0, 0.1) is 0 Å². The maximum Gasteiger partial charge on any atom is 0.429 e. The Labute approximate surface area is 83.7 Å². The van der Waals surface area contributed by atoms with E-state index in [1.807, 2.05) is 0 Å². The van der Waals surface area contributed by atoms with E-state index < -0.39 is 12.3 Å². The molecular formula is C8H7ClF3NO. The number of rotatable bonds is 3. The molecule has 0 saturated carbocycles. The predicted molar refractivity (Wildman–Crippen MR) is 45.4 cm³/mol. The second-order valence-corrected chi connectivity index (χ2v) is 2.98. The van der Waals surface area contributed by atoms with Gasteiger partial charge in [-0.3, -0.25) is 0 Å². The number of pyridine rings is 1. The maximum atomic E-state index is 12.7. The van der Waals surface area contributed by atoms with Crippen molar-refractivity contribution in [3.8, 4) is 5.75 Å². The third-order valence-electron chi connectivity index (χ3n) is 1.42. The molecule has 14 heavy (non-hydrogen) atoms. The molecule has 0 radical (unpaired) electrons. The van der Waals surface area contributed by atoms with Gasteiger partial charge in [-0.15, -0.1) is 0 Å². The minimum Gasteiger partial charge on any atom is -0.429 e. The molecule has 1 unspecified atom stereocenters. The molecule has 78 valence electrons. The third-order valence-corrected chi connectivity index (χ3v) is 1.64. The summed E-state index contributed by atoms with van der Waals surface area (Å²) in [6.07, 6.45) is -5.24. The van der Waals surface area contributed by atoms with E-state index >= 15 is 0 Å². The van der Waals surface area contributed by atoms with Crippen molar-refractivity contribution in [2.24, 2.45) is 0 Å². The van der Waals surface area contributed by atoms with Gasteiger partial charge >= 0.3 is 6.11 Å². The fourth-order valence-electron chi connectivity index (χ4n) is 0.661. The Bertz CT molecular complexity index is 302. The lowest BCUT2D eigenvalue weighted by Gasteiger charge is -2.18. The summed E-state index contributed by atoms with van der Waals surface area (Å²) < 4.78 is 41.8. The molecule has 0 fully saturated rings. The molecule has 1 aromatic heterocycles. The first kappa shape index (κ1) is 11.1. The van der Waals surface area contributed by atoms with E-state index in [-0.39, 0.29) is 10.9 Å². The fourth-order valence-corrected chi connectivity index (χ4v) is 0.773. The SMILES string of the molecule is CC(F)C(F)(F)Oc1ccc(Cl)nc1. The molecular weight excluding hydrogens is 219 g/mol.